The minimum Gasteiger partial charge on any atom is -0.390 e. The Kier molecular flexibility index (Phi) is 16.8. The summed E-state index contributed by atoms with van der Waals surface area (Å²) in [6.07, 6.45) is 25.7. The summed E-state index contributed by atoms with van der Waals surface area (Å²) < 4.78 is 12.5. The van der Waals surface area contributed by atoms with Gasteiger partial charge in [-0.3, -0.25) is 0 Å². The summed E-state index contributed by atoms with van der Waals surface area (Å²) in [5.74, 6) is 0. The molecule has 2 rings (SSSR count). The van der Waals surface area contributed by atoms with E-state index in [1.54, 1.807) is 0 Å². The first-order valence-corrected chi connectivity index (χ1v) is 15.3. The molecule has 34 heavy (non-hydrogen) atoms. The zero-order valence-corrected chi connectivity index (χ0v) is 22.7. The van der Waals surface area contributed by atoms with E-state index in [2.05, 4.69) is 13.8 Å². The van der Waals surface area contributed by atoms with Crippen molar-refractivity contribution in [3.05, 3.63) is 0 Å². The van der Waals surface area contributed by atoms with Crippen LogP contribution < -0.4 is 0 Å². The fourth-order valence-electron chi connectivity index (χ4n) is 5.84. The molecule has 2 unspecified atom stereocenters. The fourth-order valence-corrected chi connectivity index (χ4v) is 5.84. The van der Waals surface area contributed by atoms with Crippen LogP contribution in [0.25, 0.3) is 0 Å². The molecular weight excluding hydrogens is 424 g/mol. The van der Waals surface area contributed by atoms with Gasteiger partial charge >= 0.3 is 0 Å². The maximum atomic E-state index is 10.6. The molecule has 0 aromatic heterocycles. The summed E-state index contributed by atoms with van der Waals surface area (Å²) in [4.78, 5) is 0. The monoisotopic (exact) mass is 482 g/mol. The van der Waals surface area contributed by atoms with Crippen LogP contribution in [0.4, 0.5) is 0 Å². The van der Waals surface area contributed by atoms with Crippen molar-refractivity contribution in [3.63, 3.8) is 0 Å². The Balaban J connectivity index is 1.51. The Bertz CT molecular complexity index is 429. The number of hydrogen-bond donors (Lipinski definition) is 2. The number of hydrogen-bond acceptors (Lipinski definition) is 4. The minimum atomic E-state index is -0.338. The highest BCUT2D eigenvalue weighted by Gasteiger charge is 2.40. The van der Waals surface area contributed by atoms with Gasteiger partial charge in [-0.15, -0.1) is 0 Å². The van der Waals surface area contributed by atoms with Crippen LogP contribution in [0, 0.1) is 0 Å². The first kappa shape index (κ1) is 30.1. The van der Waals surface area contributed by atoms with Gasteiger partial charge in [0.15, 0.2) is 0 Å². The van der Waals surface area contributed by atoms with Gasteiger partial charge in [-0.2, -0.15) is 0 Å². The molecule has 4 nitrogen and oxygen atoms in total. The van der Waals surface area contributed by atoms with E-state index in [0.29, 0.717) is 0 Å². The second kappa shape index (κ2) is 19.0. The summed E-state index contributed by atoms with van der Waals surface area (Å²) in [5.41, 5.74) is 0. The Hall–Kier alpha value is -0.160. The van der Waals surface area contributed by atoms with Crippen LogP contribution in [0.15, 0.2) is 0 Å². The van der Waals surface area contributed by atoms with Crippen molar-refractivity contribution in [2.45, 2.75) is 192 Å². The second-order valence-electron chi connectivity index (χ2n) is 11.2. The van der Waals surface area contributed by atoms with Gasteiger partial charge in [-0.1, -0.05) is 117 Å². The van der Waals surface area contributed by atoms with Crippen LogP contribution in [0.1, 0.15) is 155 Å². The molecule has 2 heterocycles. The second-order valence-corrected chi connectivity index (χ2v) is 11.2. The van der Waals surface area contributed by atoms with Crippen molar-refractivity contribution in [2.24, 2.45) is 0 Å². The van der Waals surface area contributed by atoms with E-state index < -0.39 is 0 Å². The smallest absolute Gasteiger partial charge is 0.0842 e. The van der Waals surface area contributed by atoms with Gasteiger partial charge in [0, 0.05) is 0 Å². The Morgan fingerprint density at radius 3 is 1.18 bits per heavy atom. The standard InChI is InChI=1S/C30H58O4/c1-3-5-7-9-11-13-15-17-19-25(31)27-21-23-29(33-27)30-24-22-28(34-30)26(32)20-18-16-14-12-10-8-6-4-2/h25-32H,3-24H2,1-2H3/t25?,26?,27-,28-,29-,30-/m1/s1. The Morgan fingerprint density at radius 1 is 0.500 bits per heavy atom. The number of aliphatic hydroxyl groups is 2. The Morgan fingerprint density at radius 2 is 0.824 bits per heavy atom. The molecule has 2 saturated heterocycles. The van der Waals surface area contributed by atoms with E-state index in [4.69, 9.17) is 9.47 Å². The average molecular weight is 483 g/mol. The summed E-state index contributed by atoms with van der Waals surface area (Å²) in [6.45, 7) is 4.52. The van der Waals surface area contributed by atoms with Gasteiger partial charge in [0.25, 0.3) is 0 Å². The van der Waals surface area contributed by atoms with Gasteiger partial charge in [0.1, 0.15) is 0 Å². The van der Waals surface area contributed by atoms with E-state index in [9.17, 15) is 10.2 Å². The fraction of sp³-hybridized carbons (Fsp3) is 1.00. The highest BCUT2D eigenvalue weighted by molar-refractivity contribution is 4.89. The van der Waals surface area contributed by atoms with Crippen molar-refractivity contribution < 1.29 is 19.7 Å². The van der Waals surface area contributed by atoms with Crippen LogP contribution in [-0.2, 0) is 9.47 Å². The summed E-state index contributed by atoms with van der Waals surface area (Å²) >= 11 is 0. The molecule has 0 saturated carbocycles. The van der Waals surface area contributed by atoms with Crippen LogP contribution >= 0.6 is 0 Å². The van der Waals surface area contributed by atoms with E-state index in [-0.39, 0.29) is 36.6 Å². The predicted molar refractivity (Wildman–Crippen MR) is 142 cm³/mol. The van der Waals surface area contributed by atoms with Crippen LogP contribution in [0.2, 0.25) is 0 Å². The van der Waals surface area contributed by atoms with Gasteiger partial charge < -0.3 is 19.7 Å². The molecule has 2 fully saturated rings. The maximum absolute atomic E-state index is 10.6. The van der Waals surface area contributed by atoms with E-state index >= 15 is 0 Å². The lowest BCUT2D eigenvalue weighted by molar-refractivity contribution is -0.110. The molecule has 0 spiro atoms. The van der Waals surface area contributed by atoms with E-state index in [1.807, 2.05) is 0 Å². The molecule has 0 aromatic rings. The molecule has 202 valence electrons. The Labute approximate surface area is 211 Å². The van der Waals surface area contributed by atoms with Crippen molar-refractivity contribution in [3.8, 4) is 0 Å². The molecule has 0 bridgehead atoms. The van der Waals surface area contributed by atoms with Gasteiger partial charge in [-0.25, -0.2) is 0 Å². The third kappa shape index (κ3) is 12.2. The lowest BCUT2D eigenvalue weighted by atomic mass is 10.0. The zero-order valence-electron chi connectivity index (χ0n) is 22.7. The number of rotatable bonds is 21. The van der Waals surface area contributed by atoms with Crippen molar-refractivity contribution in [2.75, 3.05) is 0 Å². The van der Waals surface area contributed by atoms with Crippen LogP contribution in [0.5, 0.6) is 0 Å². The van der Waals surface area contributed by atoms with Gasteiger partial charge in [0.2, 0.25) is 0 Å². The van der Waals surface area contributed by atoms with Crippen molar-refractivity contribution in [1.29, 1.82) is 0 Å². The molecule has 2 aliphatic heterocycles. The van der Waals surface area contributed by atoms with Crippen LogP contribution in [-0.4, -0.2) is 46.8 Å². The number of unbranched alkanes of at least 4 members (excludes halogenated alkanes) is 14. The highest BCUT2D eigenvalue weighted by atomic mass is 16.6. The molecule has 6 atom stereocenters. The average Bonchev–Trinajstić information content (AvgIpc) is 3.52. The van der Waals surface area contributed by atoms with Crippen LogP contribution in [0.3, 0.4) is 0 Å². The van der Waals surface area contributed by atoms with Gasteiger partial charge in [0.05, 0.1) is 36.6 Å². The first-order valence-electron chi connectivity index (χ1n) is 15.3. The normalized spacial score (nSPS) is 26.8. The molecule has 2 N–H and O–H groups in total. The van der Waals surface area contributed by atoms with E-state index in [0.717, 1.165) is 51.4 Å². The summed E-state index contributed by atoms with van der Waals surface area (Å²) in [7, 11) is 0. The zero-order chi connectivity index (χ0) is 24.4. The quantitative estimate of drug-likeness (QED) is 0.163. The van der Waals surface area contributed by atoms with E-state index in [1.165, 1.54) is 89.9 Å². The highest BCUT2D eigenvalue weighted by Crippen LogP contribution is 2.34. The maximum Gasteiger partial charge on any atom is 0.0842 e. The summed E-state index contributed by atoms with van der Waals surface area (Å²) in [6, 6.07) is 0. The SMILES string of the molecule is CCCCCCCCCCC(O)[C@H]1CC[C@H]([C@H]2CC[C@H](C(O)CCCCCCCCCC)O2)O1. The van der Waals surface area contributed by atoms with Crippen molar-refractivity contribution in [1.82, 2.24) is 0 Å². The number of aliphatic hydroxyl groups excluding tert-OH is 2. The first-order chi connectivity index (χ1) is 16.7. The molecule has 0 aromatic carbocycles. The largest absolute Gasteiger partial charge is 0.390 e. The third-order valence-electron chi connectivity index (χ3n) is 8.15. The summed E-state index contributed by atoms with van der Waals surface area (Å²) in [5, 5.41) is 21.2. The molecule has 4 heteroatoms. The molecular formula is C30H58O4. The third-order valence-corrected chi connectivity index (χ3v) is 8.15. The number of ether oxygens (including phenoxy) is 2. The predicted octanol–water partition coefficient (Wildman–Crippen LogP) is 7.87. The topological polar surface area (TPSA) is 58.9 Å². The molecule has 0 amide bonds. The van der Waals surface area contributed by atoms with Gasteiger partial charge in [-0.05, 0) is 38.5 Å². The lowest BCUT2D eigenvalue weighted by Gasteiger charge is -2.24. The lowest BCUT2D eigenvalue weighted by Crippen LogP contribution is -2.33. The molecule has 2 aliphatic rings. The molecule has 0 aliphatic carbocycles. The van der Waals surface area contributed by atoms with Crippen molar-refractivity contribution >= 4 is 0 Å². The minimum absolute atomic E-state index is 0.0283. The molecule has 0 radical (unpaired) electrons.